The minimum Gasteiger partial charge on any atom is -0.394 e. The Hall–Kier alpha value is -3.11. The Bertz CT molecular complexity index is 1050. The van der Waals surface area contributed by atoms with Crippen molar-refractivity contribution in [1.29, 1.82) is 0 Å². The second kappa shape index (κ2) is 10.4. The average Bonchev–Trinajstić information content (AvgIpc) is 3.36. The van der Waals surface area contributed by atoms with Crippen molar-refractivity contribution in [3.05, 3.63) is 60.0 Å². The Balaban J connectivity index is 1.29. The summed E-state index contributed by atoms with van der Waals surface area (Å²) in [5, 5.41) is 18.3. The lowest BCUT2D eigenvalue weighted by atomic mass is 10.1. The molecule has 10 heteroatoms. The molecule has 0 saturated carbocycles. The van der Waals surface area contributed by atoms with Crippen LogP contribution in [0.2, 0.25) is 0 Å². The molecule has 182 valence electrons. The highest BCUT2D eigenvalue weighted by molar-refractivity contribution is 5.57. The number of aromatic nitrogens is 3. The maximum absolute atomic E-state index is 12.8. The highest BCUT2D eigenvalue weighted by Gasteiger charge is 2.33. The number of aliphatic hydroxyl groups is 2. The lowest BCUT2D eigenvalue weighted by molar-refractivity contribution is -0.140. The van der Waals surface area contributed by atoms with Crippen LogP contribution in [0.25, 0.3) is 11.4 Å². The van der Waals surface area contributed by atoms with Crippen LogP contribution in [0, 0.1) is 0 Å². The molecule has 1 atom stereocenters. The van der Waals surface area contributed by atoms with Crippen LogP contribution in [0.3, 0.4) is 0 Å². The number of imidazole rings is 1. The van der Waals surface area contributed by atoms with E-state index in [1.807, 2.05) is 6.07 Å². The van der Waals surface area contributed by atoms with E-state index in [0.29, 0.717) is 12.0 Å². The van der Waals surface area contributed by atoms with Gasteiger partial charge in [-0.1, -0.05) is 12.1 Å². The quantitative estimate of drug-likeness (QED) is 0.462. The summed E-state index contributed by atoms with van der Waals surface area (Å²) in [6.45, 7) is 3.03. The highest BCUT2D eigenvalue weighted by Crippen LogP contribution is 2.29. The number of piperazine rings is 1. The normalized spacial score (nSPS) is 15.6. The number of halogens is 3. The van der Waals surface area contributed by atoms with Gasteiger partial charge in [-0.05, 0) is 49.1 Å². The Morgan fingerprint density at radius 3 is 2.24 bits per heavy atom. The summed E-state index contributed by atoms with van der Waals surface area (Å²) in [6.07, 6.45) is -0.491. The SMILES string of the molecule is OCC(O)CCCc1ccc(N2CCN(c3ccc(-c4ncc(C(F)(F)F)[nH]4)cn3)CC2)cc1. The van der Waals surface area contributed by atoms with Gasteiger partial charge in [-0.3, -0.25) is 0 Å². The van der Waals surface area contributed by atoms with Crippen LogP contribution < -0.4 is 9.80 Å². The number of H-pyrrole nitrogens is 1. The zero-order valence-electron chi connectivity index (χ0n) is 18.7. The third-order valence-corrected chi connectivity index (χ3v) is 6.02. The van der Waals surface area contributed by atoms with E-state index < -0.39 is 18.0 Å². The first-order chi connectivity index (χ1) is 16.3. The molecule has 1 aliphatic rings. The van der Waals surface area contributed by atoms with E-state index in [-0.39, 0.29) is 12.4 Å². The van der Waals surface area contributed by atoms with E-state index >= 15 is 0 Å². The van der Waals surface area contributed by atoms with Crippen molar-refractivity contribution in [2.24, 2.45) is 0 Å². The van der Waals surface area contributed by atoms with Crippen LogP contribution in [0.1, 0.15) is 24.1 Å². The number of nitrogens with one attached hydrogen (secondary N) is 1. The average molecular weight is 476 g/mol. The predicted molar refractivity (Wildman–Crippen MR) is 124 cm³/mol. The van der Waals surface area contributed by atoms with Crippen molar-refractivity contribution >= 4 is 11.5 Å². The van der Waals surface area contributed by atoms with E-state index in [9.17, 15) is 18.3 Å². The highest BCUT2D eigenvalue weighted by atomic mass is 19.4. The summed E-state index contributed by atoms with van der Waals surface area (Å²) >= 11 is 0. The van der Waals surface area contributed by atoms with Crippen LogP contribution in [0.15, 0.2) is 48.8 Å². The van der Waals surface area contributed by atoms with Crippen LogP contribution in [-0.2, 0) is 12.6 Å². The molecule has 1 unspecified atom stereocenters. The maximum atomic E-state index is 12.8. The molecular formula is C24H28F3N5O2. The lowest BCUT2D eigenvalue weighted by Crippen LogP contribution is -2.46. The Kier molecular flexibility index (Phi) is 7.38. The summed E-state index contributed by atoms with van der Waals surface area (Å²) in [4.78, 5) is 15.0. The molecule has 0 aliphatic carbocycles. The van der Waals surface area contributed by atoms with Crippen molar-refractivity contribution in [3.8, 4) is 11.4 Å². The zero-order chi connectivity index (χ0) is 24.1. The van der Waals surface area contributed by atoms with Crippen LogP contribution in [0.5, 0.6) is 0 Å². The van der Waals surface area contributed by atoms with Crippen molar-refractivity contribution < 1.29 is 23.4 Å². The molecule has 1 aliphatic heterocycles. The number of benzene rings is 1. The minimum absolute atomic E-state index is 0.143. The molecular weight excluding hydrogens is 447 g/mol. The smallest absolute Gasteiger partial charge is 0.394 e. The van der Waals surface area contributed by atoms with Crippen LogP contribution in [-0.4, -0.2) is 64.1 Å². The number of alkyl halides is 3. The van der Waals surface area contributed by atoms with Gasteiger partial charge in [0.2, 0.25) is 0 Å². The van der Waals surface area contributed by atoms with Crippen molar-refractivity contribution in [2.75, 3.05) is 42.6 Å². The number of anilines is 2. The number of aryl methyl sites for hydroxylation is 1. The summed E-state index contributed by atoms with van der Waals surface area (Å²) < 4.78 is 38.3. The maximum Gasteiger partial charge on any atom is 0.432 e. The summed E-state index contributed by atoms with van der Waals surface area (Å²) in [5.41, 5.74) is 1.98. The first kappa shape index (κ1) is 24.0. The van der Waals surface area contributed by atoms with Crippen LogP contribution >= 0.6 is 0 Å². The number of hydrogen-bond acceptors (Lipinski definition) is 6. The number of rotatable bonds is 8. The van der Waals surface area contributed by atoms with E-state index in [2.05, 4.69) is 49.0 Å². The largest absolute Gasteiger partial charge is 0.432 e. The molecule has 1 saturated heterocycles. The molecule has 7 nitrogen and oxygen atoms in total. The number of aromatic amines is 1. The molecule has 1 fully saturated rings. The van der Waals surface area contributed by atoms with Gasteiger partial charge < -0.3 is 25.0 Å². The van der Waals surface area contributed by atoms with Crippen molar-refractivity contribution in [2.45, 2.75) is 31.5 Å². The topological polar surface area (TPSA) is 88.5 Å². The fourth-order valence-corrected chi connectivity index (χ4v) is 4.03. The molecule has 0 spiro atoms. The Labute approximate surface area is 195 Å². The number of pyridine rings is 1. The fourth-order valence-electron chi connectivity index (χ4n) is 4.03. The molecule has 1 aromatic carbocycles. The van der Waals surface area contributed by atoms with Gasteiger partial charge in [-0.2, -0.15) is 13.2 Å². The molecule has 0 bridgehead atoms. The van der Waals surface area contributed by atoms with Gasteiger partial charge >= 0.3 is 6.18 Å². The van der Waals surface area contributed by atoms with Gasteiger partial charge in [0.25, 0.3) is 0 Å². The molecule has 0 amide bonds. The third kappa shape index (κ3) is 5.87. The van der Waals surface area contributed by atoms with E-state index in [1.54, 1.807) is 12.3 Å². The van der Waals surface area contributed by atoms with E-state index in [4.69, 9.17) is 5.11 Å². The van der Waals surface area contributed by atoms with E-state index in [0.717, 1.165) is 56.7 Å². The minimum atomic E-state index is -4.46. The molecule has 0 radical (unpaired) electrons. The lowest BCUT2D eigenvalue weighted by Gasteiger charge is -2.36. The van der Waals surface area contributed by atoms with Gasteiger partial charge in [0, 0.05) is 43.6 Å². The Morgan fingerprint density at radius 2 is 1.65 bits per heavy atom. The molecule has 3 N–H and O–H groups in total. The monoisotopic (exact) mass is 475 g/mol. The van der Waals surface area contributed by atoms with Gasteiger partial charge in [0.05, 0.1) is 18.9 Å². The first-order valence-corrected chi connectivity index (χ1v) is 11.3. The van der Waals surface area contributed by atoms with Gasteiger partial charge in [0.15, 0.2) is 0 Å². The Morgan fingerprint density at radius 1 is 0.941 bits per heavy atom. The number of aliphatic hydroxyl groups excluding tert-OH is 2. The number of hydrogen-bond donors (Lipinski definition) is 3. The summed E-state index contributed by atoms with van der Waals surface area (Å²) in [7, 11) is 0. The molecule has 3 heterocycles. The zero-order valence-corrected chi connectivity index (χ0v) is 18.7. The van der Waals surface area contributed by atoms with Gasteiger partial charge in [-0.25, -0.2) is 9.97 Å². The second-order valence-electron chi connectivity index (χ2n) is 8.42. The molecule has 2 aromatic heterocycles. The standard InChI is InChI=1S/C24H28F3N5O2/c25-24(26,27)21-15-29-23(30-21)18-6-9-22(28-14-18)32-12-10-31(11-13-32)19-7-4-17(5-8-19)2-1-3-20(34)16-33/h4-9,14-15,20,33-34H,1-3,10-13,16H2,(H,29,30). The number of nitrogens with zero attached hydrogens (tertiary/aromatic N) is 4. The van der Waals surface area contributed by atoms with Crippen molar-refractivity contribution in [1.82, 2.24) is 15.0 Å². The van der Waals surface area contributed by atoms with E-state index in [1.165, 1.54) is 5.56 Å². The predicted octanol–water partition coefficient (Wildman–Crippen LogP) is 3.49. The second-order valence-corrected chi connectivity index (χ2v) is 8.42. The first-order valence-electron chi connectivity index (χ1n) is 11.3. The summed E-state index contributed by atoms with van der Waals surface area (Å²) in [5.74, 6) is 0.927. The molecule has 34 heavy (non-hydrogen) atoms. The molecule has 4 rings (SSSR count). The van der Waals surface area contributed by atoms with Gasteiger partial charge in [-0.15, -0.1) is 0 Å². The molecule has 3 aromatic rings. The third-order valence-electron chi connectivity index (χ3n) is 6.02. The van der Waals surface area contributed by atoms with Gasteiger partial charge in [0.1, 0.15) is 17.3 Å². The van der Waals surface area contributed by atoms with Crippen LogP contribution in [0.4, 0.5) is 24.7 Å². The van der Waals surface area contributed by atoms with Crippen molar-refractivity contribution in [3.63, 3.8) is 0 Å². The fraction of sp³-hybridized carbons (Fsp3) is 0.417. The summed E-state index contributed by atoms with van der Waals surface area (Å²) in [6, 6.07) is 12.0.